The average Bonchev–Trinajstić information content (AvgIpc) is 3.25. The lowest BCUT2D eigenvalue weighted by Gasteiger charge is -2.25. The molecule has 0 radical (unpaired) electrons. The molecule has 1 aliphatic rings. The quantitative estimate of drug-likeness (QED) is 0.360. The van der Waals surface area contributed by atoms with Crippen LogP contribution < -0.4 is 5.32 Å². The molecule has 4 heterocycles. The molecule has 9 heteroatoms. The van der Waals surface area contributed by atoms with Crippen molar-refractivity contribution in [3.8, 4) is 11.1 Å². The Morgan fingerprint density at radius 2 is 2.00 bits per heavy atom. The zero-order valence-electron chi connectivity index (χ0n) is 17.7. The summed E-state index contributed by atoms with van der Waals surface area (Å²) < 4.78 is 10.8. The molecule has 0 amide bonds. The van der Waals surface area contributed by atoms with Crippen LogP contribution in [0.25, 0.3) is 22.0 Å². The van der Waals surface area contributed by atoms with E-state index in [2.05, 4.69) is 66.9 Å². The second-order valence-electron chi connectivity index (χ2n) is 8.66. The summed E-state index contributed by atoms with van der Waals surface area (Å²) in [6.07, 6.45) is 15.3. The number of piperidine rings is 1. The lowest BCUT2D eigenvalue weighted by atomic mass is 10.1. The highest BCUT2D eigenvalue weighted by Gasteiger charge is 2.22. The zero-order valence-corrected chi connectivity index (χ0v) is 20.9. The van der Waals surface area contributed by atoms with E-state index in [0.29, 0.717) is 17.9 Å². The number of hydrogen-bond acceptors (Lipinski definition) is 4. The van der Waals surface area contributed by atoms with E-state index >= 15 is 0 Å². The Labute approximate surface area is 192 Å². The molecule has 0 atom stereocenters. The van der Waals surface area contributed by atoms with Gasteiger partial charge in [0.15, 0.2) is 5.15 Å². The van der Waals surface area contributed by atoms with Crippen LogP contribution in [0, 0.1) is 0 Å². The van der Waals surface area contributed by atoms with Crippen molar-refractivity contribution in [3.05, 3.63) is 34.4 Å². The highest BCUT2D eigenvalue weighted by Crippen LogP contribution is 2.38. The summed E-state index contributed by atoms with van der Waals surface area (Å²) in [7, 11) is -0.559. The van der Waals surface area contributed by atoms with Crippen LogP contribution >= 0.6 is 37.6 Å². The summed E-state index contributed by atoms with van der Waals surface area (Å²) in [6.45, 7) is 3.22. The third-order valence-electron chi connectivity index (χ3n) is 5.46. The van der Waals surface area contributed by atoms with Gasteiger partial charge in [-0.2, -0.15) is 5.10 Å². The number of nitrogens with zero attached hydrogens (tertiary/aromatic N) is 4. The summed E-state index contributed by atoms with van der Waals surface area (Å²) >= 11 is 10.1. The average molecular weight is 515 g/mol. The Bertz CT molecular complexity index is 1020. The van der Waals surface area contributed by atoms with E-state index in [1.54, 1.807) is 4.68 Å². The standard InChI is InChI=1S/C21H29BrClN5OS/c1-30(2,3)9-8-29-14-27-12-18(21(23)26-27)17-13-28(15-4-6-24-7-5-15)19-11-25-20(22)10-16(17)19/h10-13,15,24H,4-9,14H2,1-3H3. The summed E-state index contributed by atoms with van der Waals surface area (Å²) in [5, 5.41) is 9.56. The van der Waals surface area contributed by atoms with Crippen LogP contribution in [-0.4, -0.2) is 63.5 Å². The molecule has 1 N–H and O–H groups in total. The molecule has 0 saturated carbocycles. The van der Waals surface area contributed by atoms with Crippen molar-refractivity contribution in [3.63, 3.8) is 0 Å². The Morgan fingerprint density at radius 1 is 1.23 bits per heavy atom. The molecule has 30 heavy (non-hydrogen) atoms. The Balaban J connectivity index is 1.62. The molecule has 3 aromatic heterocycles. The number of rotatable bonds is 7. The maximum atomic E-state index is 6.57. The van der Waals surface area contributed by atoms with Gasteiger partial charge in [0.1, 0.15) is 11.3 Å². The number of halogens is 2. The molecule has 6 nitrogen and oxygen atoms in total. The molecule has 1 saturated heterocycles. The third kappa shape index (κ3) is 5.05. The van der Waals surface area contributed by atoms with Crippen molar-refractivity contribution in [2.24, 2.45) is 0 Å². The minimum atomic E-state index is -0.559. The molecule has 1 aliphatic heterocycles. The molecule has 0 bridgehead atoms. The van der Waals surface area contributed by atoms with Crippen LogP contribution in [0.1, 0.15) is 18.9 Å². The van der Waals surface area contributed by atoms with Gasteiger partial charge in [-0.3, -0.25) is 0 Å². The van der Waals surface area contributed by atoms with Gasteiger partial charge in [0.05, 0.1) is 18.3 Å². The van der Waals surface area contributed by atoms with Crippen molar-refractivity contribution >= 4 is 48.5 Å². The predicted octanol–water partition coefficient (Wildman–Crippen LogP) is 4.91. The summed E-state index contributed by atoms with van der Waals surface area (Å²) in [5.74, 6) is 1.08. The Kier molecular flexibility index (Phi) is 6.79. The van der Waals surface area contributed by atoms with Crippen molar-refractivity contribution < 1.29 is 4.74 Å². The van der Waals surface area contributed by atoms with Gasteiger partial charge in [-0.15, -0.1) is 0 Å². The normalized spacial score (nSPS) is 16.4. The van der Waals surface area contributed by atoms with Crippen molar-refractivity contribution in [2.75, 3.05) is 44.2 Å². The molecular weight excluding hydrogens is 486 g/mol. The van der Waals surface area contributed by atoms with Gasteiger partial charge in [-0.1, -0.05) is 11.6 Å². The maximum absolute atomic E-state index is 6.57. The van der Waals surface area contributed by atoms with Crippen molar-refractivity contribution in [1.82, 2.24) is 24.6 Å². The third-order valence-corrected chi connectivity index (χ3v) is 7.56. The Hall–Kier alpha value is -1.06. The molecular formula is C21H29BrClN5OS. The van der Waals surface area contributed by atoms with Crippen LogP contribution in [0.5, 0.6) is 0 Å². The van der Waals surface area contributed by atoms with E-state index in [1.807, 2.05) is 12.4 Å². The molecule has 164 valence electrons. The van der Waals surface area contributed by atoms with Gasteiger partial charge in [0.2, 0.25) is 0 Å². The van der Waals surface area contributed by atoms with E-state index in [4.69, 9.17) is 16.3 Å². The molecule has 4 rings (SSSR count). The molecule has 0 aliphatic carbocycles. The molecule has 3 aromatic rings. The monoisotopic (exact) mass is 513 g/mol. The maximum Gasteiger partial charge on any atom is 0.159 e. The van der Waals surface area contributed by atoms with Crippen LogP contribution in [0.15, 0.2) is 29.3 Å². The zero-order chi connectivity index (χ0) is 21.3. The van der Waals surface area contributed by atoms with Crippen LogP contribution in [-0.2, 0) is 11.5 Å². The summed E-state index contributed by atoms with van der Waals surface area (Å²) in [5.41, 5.74) is 3.15. The fraction of sp³-hybridized carbons (Fsp3) is 0.524. The SMILES string of the molecule is CS(C)(C)CCOCn1cc(-c2cn(C3CCNCC3)c3cnc(Br)cc23)c(Cl)n1. The highest BCUT2D eigenvalue weighted by molar-refractivity contribution is 9.10. The minimum Gasteiger partial charge on any atom is -0.358 e. The van der Waals surface area contributed by atoms with Gasteiger partial charge < -0.3 is 14.6 Å². The van der Waals surface area contributed by atoms with E-state index in [9.17, 15) is 0 Å². The Morgan fingerprint density at radius 3 is 2.73 bits per heavy atom. The molecule has 0 unspecified atom stereocenters. The van der Waals surface area contributed by atoms with Gasteiger partial charge in [-0.05, 0) is 66.7 Å². The number of hydrogen-bond donors (Lipinski definition) is 1. The van der Waals surface area contributed by atoms with E-state index < -0.39 is 10.0 Å². The fourth-order valence-corrected chi connectivity index (χ4v) is 5.03. The first-order valence-electron chi connectivity index (χ1n) is 10.2. The van der Waals surface area contributed by atoms with Crippen LogP contribution in [0.2, 0.25) is 5.15 Å². The molecule has 0 aromatic carbocycles. The first-order chi connectivity index (χ1) is 14.3. The summed E-state index contributed by atoms with van der Waals surface area (Å²) in [4.78, 5) is 4.48. The number of fused-ring (bicyclic) bond motifs is 1. The van der Waals surface area contributed by atoms with Gasteiger partial charge >= 0.3 is 0 Å². The second-order valence-corrected chi connectivity index (χ2v) is 14.4. The summed E-state index contributed by atoms with van der Waals surface area (Å²) in [6, 6.07) is 2.53. The lowest BCUT2D eigenvalue weighted by Crippen LogP contribution is -2.29. The van der Waals surface area contributed by atoms with Gasteiger partial charge in [0.25, 0.3) is 0 Å². The lowest BCUT2D eigenvalue weighted by molar-refractivity contribution is 0.0810. The second kappa shape index (κ2) is 9.20. The van der Waals surface area contributed by atoms with Gasteiger partial charge in [0, 0.05) is 40.7 Å². The molecule has 0 spiro atoms. The largest absolute Gasteiger partial charge is 0.358 e. The van der Waals surface area contributed by atoms with E-state index in [1.165, 1.54) is 0 Å². The van der Waals surface area contributed by atoms with E-state index in [0.717, 1.165) is 64.9 Å². The number of nitrogens with one attached hydrogen (secondary N) is 1. The number of ether oxygens (including phenoxy) is 1. The topological polar surface area (TPSA) is 56.9 Å². The fourth-order valence-electron chi connectivity index (χ4n) is 3.84. The number of aromatic nitrogens is 4. The first-order valence-corrected chi connectivity index (χ1v) is 14.4. The first kappa shape index (κ1) is 22.1. The minimum absolute atomic E-state index is 0.410. The van der Waals surface area contributed by atoms with Crippen LogP contribution in [0.4, 0.5) is 0 Å². The van der Waals surface area contributed by atoms with E-state index in [-0.39, 0.29) is 0 Å². The van der Waals surface area contributed by atoms with Crippen molar-refractivity contribution in [1.29, 1.82) is 0 Å². The van der Waals surface area contributed by atoms with Crippen molar-refractivity contribution in [2.45, 2.75) is 25.6 Å². The van der Waals surface area contributed by atoms with Crippen LogP contribution in [0.3, 0.4) is 0 Å². The highest BCUT2D eigenvalue weighted by atomic mass is 79.9. The predicted molar refractivity (Wildman–Crippen MR) is 131 cm³/mol. The number of pyridine rings is 1. The smallest absolute Gasteiger partial charge is 0.159 e. The molecule has 1 fully saturated rings. The van der Waals surface area contributed by atoms with Gasteiger partial charge in [-0.25, -0.2) is 19.7 Å².